The van der Waals surface area contributed by atoms with Crippen LogP contribution in [0.2, 0.25) is 0 Å². The van der Waals surface area contributed by atoms with Crippen LogP contribution in [-0.4, -0.2) is 29.4 Å². The van der Waals surface area contributed by atoms with E-state index in [2.05, 4.69) is 24.1 Å². The SMILES string of the molecule is CC(C)NC(=O)CN(Cc1cccc(N)c1)C(C)C. The molecular weight excluding hydrogens is 238 g/mol. The molecule has 106 valence electrons. The van der Waals surface area contributed by atoms with Crippen molar-refractivity contribution >= 4 is 11.6 Å². The van der Waals surface area contributed by atoms with Gasteiger partial charge in [0.25, 0.3) is 0 Å². The van der Waals surface area contributed by atoms with Crippen LogP contribution < -0.4 is 11.1 Å². The van der Waals surface area contributed by atoms with Gasteiger partial charge >= 0.3 is 0 Å². The van der Waals surface area contributed by atoms with Crippen LogP contribution in [0, 0.1) is 0 Å². The predicted molar refractivity (Wildman–Crippen MR) is 79.7 cm³/mol. The summed E-state index contributed by atoms with van der Waals surface area (Å²) in [5.41, 5.74) is 7.67. The average molecular weight is 263 g/mol. The van der Waals surface area contributed by atoms with Crippen LogP contribution in [0.1, 0.15) is 33.3 Å². The van der Waals surface area contributed by atoms with E-state index in [1.807, 2.05) is 38.1 Å². The van der Waals surface area contributed by atoms with Crippen LogP contribution in [0.4, 0.5) is 5.69 Å². The number of carbonyl (C=O) groups is 1. The molecule has 0 bridgehead atoms. The zero-order chi connectivity index (χ0) is 14.4. The number of hydrogen-bond donors (Lipinski definition) is 2. The normalized spacial score (nSPS) is 11.3. The summed E-state index contributed by atoms with van der Waals surface area (Å²) in [5, 5.41) is 2.92. The van der Waals surface area contributed by atoms with E-state index in [0.29, 0.717) is 12.6 Å². The number of carbonyl (C=O) groups excluding carboxylic acids is 1. The maximum absolute atomic E-state index is 11.8. The van der Waals surface area contributed by atoms with E-state index < -0.39 is 0 Å². The molecule has 0 aliphatic rings. The van der Waals surface area contributed by atoms with Gasteiger partial charge in [0.2, 0.25) is 5.91 Å². The molecule has 0 saturated heterocycles. The third kappa shape index (κ3) is 5.75. The number of nitrogens with zero attached hydrogens (tertiary/aromatic N) is 1. The van der Waals surface area contributed by atoms with Gasteiger partial charge in [-0.3, -0.25) is 9.69 Å². The maximum Gasteiger partial charge on any atom is 0.234 e. The van der Waals surface area contributed by atoms with Gasteiger partial charge in [-0.1, -0.05) is 12.1 Å². The van der Waals surface area contributed by atoms with Gasteiger partial charge in [-0.05, 0) is 45.4 Å². The highest BCUT2D eigenvalue weighted by Crippen LogP contribution is 2.11. The number of nitrogens with one attached hydrogen (secondary N) is 1. The van der Waals surface area contributed by atoms with Crippen molar-refractivity contribution in [3.8, 4) is 0 Å². The third-order valence-electron chi connectivity index (χ3n) is 2.86. The molecule has 0 heterocycles. The molecule has 0 aliphatic carbocycles. The molecule has 1 amide bonds. The second-order valence-corrected chi connectivity index (χ2v) is 5.47. The first kappa shape index (κ1) is 15.5. The molecule has 0 saturated carbocycles. The molecule has 0 radical (unpaired) electrons. The molecule has 1 rings (SSSR count). The minimum absolute atomic E-state index is 0.0626. The number of amides is 1. The Hall–Kier alpha value is -1.55. The van der Waals surface area contributed by atoms with Crippen molar-refractivity contribution in [2.45, 2.75) is 46.3 Å². The predicted octanol–water partition coefficient (Wildman–Crippen LogP) is 2.00. The van der Waals surface area contributed by atoms with Crippen molar-refractivity contribution in [2.24, 2.45) is 0 Å². The fourth-order valence-corrected chi connectivity index (χ4v) is 1.90. The molecule has 1 aromatic rings. The molecule has 0 spiro atoms. The Bertz CT molecular complexity index is 416. The summed E-state index contributed by atoms with van der Waals surface area (Å²) in [6.45, 7) is 9.26. The molecule has 19 heavy (non-hydrogen) atoms. The highest BCUT2D eigenvalue weighted by Gasteiger charge is 2.15. The first-order valence-electron chi connectivity index (χ1n) is 6.76. The highest BCUT2D eigenvalue weighted by atomic mass is 16.2. The Kier molecular flexibility index (Phi) is 5.83. The minimum atomic E-state index is 0.0626. The zero-order valence-electron chi connectivity index (χ0n) is 12.3. The Morgan fingerprint density at radius 1 is 1.32 bits per heavy atom. The Morgan fingerprint density at radius 2 is 2.00 bits per heavy atom. The summed E-state index contributed by atoms with van der Waals surface area (Å²) >= 11 is 0. The van der Waals surface area contributed by atoms with Crippen molar-refractivity contribution in [1.82, 2.24) is 10.2 Å². The molecule has 4 heteroatoms. The summed E-state index contributed by atoms with van der Waals surface area (Å²) < 4.78 is 0. The molecule has 0 aliphatic heterocycles. The van der Waals surface area contributed by atoms with Crippen molar-refractivity contribution in [3.63, 3.8) is 0 Å². The standard InChI is InChI=1S/C15H25N3O/c1-11(2)17-15(19)10-18(12(3)4)9-13-6-5-7-14(16)8-13/h5-8,11-12H,9-10,16H2,1-4H3,(H,17,19). The topological polar surface area (TPSA) is 58.4 Å². The lowest BCUT2D eigenvalue weighted by atomic mass is 10.1. The average Bonchev–Trinajstić information content (AvgIpc) is 2.26. The number of anilines is 1. The second-order valence-electron chi connectivity index (χ2n) is 5.47. The molecule has 3 N–H and O–H groups in total. The van der Waals surface area contributed by atoms with E-state index >= 15 is 0 Å². The van der Waals surface area contributed by atoms with Gasteiger partial charge in [0.05, 0.1) is 6.54 Å². The number of nitrogen functional groups attached to an aromatic ring is 1. The molecule has 0 fully saturated rings. The first-order valence-corrected chi connectivity index (χ1v) is 6.76. The highest BCUT2D eigenvalue weighted by molar-refractivity contribution is 5.78. The van der Waals surface area contributed by atoms with Gasteiger partial charge in [-0.15, -0.1) is 0 Å². The summed E-state index contributed by atoms with van der Waals surface area (Å²) in [6.07, 6.45) is 0. The quantitative estimate of drug-likeness (QED) is 0.772. The molecule has 0 atom stereocenters. The molecular formula is C15H25N3O. The van der Waals surface area contributed by atoms with Crippen LogP contribution in [0.5, 0.6) is 0 Å². The molecule has 0 unspecified atom stereocenters. The van der Waals surface area contributed by atoms with Gasteiger partial charge in [0, 0.05) is 24.3 Å². The van der Waals surface area contributed by atoms with Crippen molar-refractivity contribution in [2.75, 3.05) is 12.3 Å². The summed E-state index contributed by atoms with van der Waals surface area (Å²) in [5.74, 6) is 0.0626. The fourth-order valence-electron chi connectivity index (χ4n) is 1.90. The number of nitrogens with two attached hydrogens (primary N) is 1. The zero-order valence-corrected chi connectivity index (χ0v) is 12.3. The maximum atomic E-state index is 11.8. The second kappa shape index (κ2) is 7.14. The largest absolute Gasteiger partial charge is 0.399 e. The van der Waals surface area contributed by atoms with E-state index in [-0.39, 0.29) is 11.9 Å². The lowest BCUT2D eigenvalue weighted by Crippen LogP contribution is -2.42. The first-order chi connectivity index (χ1) is 8.88. The molecule has 1 aromatic carbocycles. The van der Waals surface area contributed by atoms with Crippen LogP contribution in [0.25, 0.3) is 0 Å². The van der Waals surface area contributed by atoms with Crippen LogP contribution in [0.15, 0.2) is 24.3 Å². The third-order valence-corrected chi connectivity index (χ3v) is 2.86. The number of benzene rings is 1. The summed E-state index contributed by atoms with van der Waals surface area (Å²) in [7, 11) is 0. The number of hydrogen-bond acceptors (Lipinski definition) is 3. The van der Waals surface area contributed by atoms with E-state index in [9.17, 15) is 4.79 Å². The van der Waals surface area contributed by atoms with Gasteiger partial charge in [0.15, 0.2) is 0 Å². The molecule has 4 nitrogen and oxygen atoms in total. The lowest BCUT2D eigenvalue weighted by Gasteiger charge is -2.26. The van der Waals surface area contributed by atoms with Crippen LogP contribution >= 0.6 is 0 Å². The Balaban J connectivity index is 2.65. The van der Waals surface area contributed by atoms with E-state index in [0.717, 1.165) is 17.8 Å². The number of rotatable bonds is 6. The van der Waals surface area contributed by atoms with Gasteiger partial charge in [0.1, 0.15) is 0 Å². The fraction of sp³-hybridized carbons (Fsp3) is 0.533. The monoisotopic (exact) mass is 263 g/mol. The minimum Gasteiger partial charge on any atom is -0.399 e. The van der Waals surface area contributed by atoms with Crippen LogP contribution in [-0.2, 0) is 11.3 Å². The summed E-state index contributed by atoms with van der Waals surface area (Å²) in [4.78, 5) is 14.0. The van der Waals surface area contributed by atoms with Crippen molar-refractivity contribution < 1.29 is 4.79 Å². The van der Waals surface area contributed by atoms with E-state index in [1.54, 1.807) is 0 Å². The summed E-state index contributed by atoms with van der Waals surface area (Å²) in [6, 6.07) is 8.28. The van der Waals surface area contributed by atoms with Crippen molar-refractivity contribution in [3.05, 3.63) is 29.8 Å². The Labute approximate surface area is 116 Å². The lowest BCUT2D eigenvalue weighted by molar-refractivity contribution is -0.123. The smallest absolute Gasteiger partial charge is 0.234 e. The van der Waals surface area contributed by atoms with E-state index in [4.69, 9.17) is 5.73 Å². The molecule has 0 aromatic heterocycles. The van der Waals surface area contributed by atoms with Gasteiger partial charge in [-0.2, -0.15) is 0 Å². The van der Waals surface area contributed by atoms with Crippen LogP contribution in [0.3, 0.4) is 0 Å². The van der Waals surface area contributed by atoms with Gasteiger partial charge < -0.3 is 11.1 Å². The van der Waals surface area contributed by atoms with Gasteiger partial charge in [-0.25, -0.2) is 0 Å². The van der Waals surface area contributed by atoms with E-state index in [1.165, 1.54) is 0 Å². The van der Waals surface area contributed by atoms with Crippen molar-refractivity contribution in [1.29, 1.82) is 0 Å². The Morgan fingerprint density at radius 3 is 2.53 bits per heavy atom.